The van der Waals surface area contributed by atoms with Crippen molar-refractivity contribution in [2.45, 2.75) is 84.2 Å². The van der Waals surface area contributed by atoms with Crippen LogP contribution < -0.4 is 4.74 Å². The zero-order chi connectivity index (χ0) is 29.9. The number of hydrogen-bond donors (Lipinski definition) is 0. The summed E-state index contributed by atoms with van der Waals surface area (Å²) in [5.41, 5.74) is 4.45. The highest BCUT2D eigenvalue weighted by atomic mass is 16.6. The molecule has 4 heterocycles. The average molecular weight is 576 g/mol. The Balaban J connectivity index is 1.27. The lowest BCUT2D eigenvalue weighted by Gasteiger charge is -2.33. The largest absolute Gasteiger partial charge is 0.485 e. The highest BCUT2D eigenvalue weighted by Gasteiger charge is 2.36. The zero-order valence-electron chi connectivity index (χ0n) is 25.9. The minimum Gasteiger partial charge on any atom is -0.485 e. The van der Waals surface area contributed by atoms with Gasteiger partial charge in [-0.3, -0.25) is 24.4 Å². The van der Waals surface area contributed by atoms with Crippen LogP contribution in [0.1, 0.15) is 83.2 Å². The van der Waals surface area contributed by atoms with E-state index in [0.29, 0.717) is 31.4 Å². The number of pyridine rings is 1. The molecule has 3 aromatic rings. The van der Waals surface area contributed by atoms with E-state index in [-0.39, 0.29) is 29.3 Å². The summed E-state index contributed by atoms with van der Waals surface area (Å²) < 4.78 is 19.1. The van der Waals surface area contributed by atoms with Crippen molar-refractivity contribution in [2.75, 3.05) is 19.8 Å². The van der Waals surface area contributed by atoms with Crippen molar-refractivity contribution >= 4 is 5.97 Å². The van der Waals surface area contributed by atoms with E-state index in [0.717, 1.165) is 60.4 Å². The topological polar surface area (TPSA) is 101 Å². The molecule has 1 aliphatic heterocycles. The Morgan fingerprint density at radius 1 is 1.05 bits per heavy atom. The molecule has 9 heteroatoms. The van der Waals surface area contributed by atoms with Gasteiger partial charge in [-0.15, -0.1) is 0 Å². The first kappa shape index (κ1) is 30.1. The standard InChI is InChI=1S/C33H45N5O4/c1-21(2)18-41-32(39)31(29-16-35-28(15-36-29)24-13-37-38(6)17-24)23-9-7-22(8-10-23)11-25-12-30(42-26-19-40-20-26)27(14-34-25)33(3,4)5/h12-17,21-23,26,31H,7-11,18-20H2,1-6H3. The summed E-state index contributed by atoms with van der Waals surface area (Å²) in [6, 6.07) is 2.14. The van der Waals surface area contributed by atoms with Gasteiger partial charge in [0.25, 0.3) is 0 Å². The van der Waals surface area contributed by atoms with E-state index in [9.17, 15) is 4.79 Å². The van der Waals surface area contributed by atoms with Gasteiger partial charge in [-0.25, -0.2) is 0 Å². The molecule has 0 N–H and O–H groups in total. The van der Waals surface area contributed by atoms with Gasteiger partial charge in [-0.05, 0) is 55.3 Å². The molecule has 1 saturated carbocycles. The molecule has 0 amide bonds. The van der Waals surface area contributed by atoms with Gasteiger partial charge in [-0.2, -0.15) is 5.10 Å². The predicted molar refractivity (Wildman–Crippen MR) is 160 cm³/mol. The molecule has 3 aromatic heterocycles. The monoisotopic (exact) mass is 575 g/mol. The molecule has 1 aliphatic carbocycles. The van der Waals surface area contributed by atoms with Crippen LogP contribution in [0.3, 0.4) is 0 Å². The molecule has 42 heavy (non-hydrogen) atoms. The van der Waals surface area contributed by atoms with Crippen LogP contribution in [-0.4, -0.2) is 56.6 Å². The molecule has 0 spiro atoms. The van der Waals surface area contributed by atoms with E-state index < -0.39 is 5.92 Å². The fraction of sp³-hybridized carbons (Fsp3) is 0.606. The predicted octanol–water partition coefficient (Wildman–Crippen LogP) is 5.68. The molecular formula is C33H45N5O4. The third-order valence-corrected chi connectivity index (χ3v) is 8.30. The number of aryl methyl sites for hydroxylation is 1. The van der Waals surface area contributed by atoms with Crippen molar-refractivity contribution in [3.05, 3.63) is 54.0 Å². The lowest BCUT2D eigenvalue weighted by molar-refractivity contribution is -0.148. The Labute approximate surface area is 249 Å². The van der Waals surface area contributed by atoms with Gasteiger partial charge >= 0.3 is 5.97 Å². The van der Waals surface area contributed by atoms with Gasteiger partial charge in [0.1, 0.15) is 17.8 Å². The Morgan fingerprint density at radius 3 is 2.38 bits per heavy atom. The highest BCUT2D eigenvalue weighted by Crippen LogP contribution is 2.40. The minimum atomic E-state index is -0.422. The molecule has 0 radical (unpaired) electrons. The van der Waals surface area contributed by atoms with Crippen LogP contribution in [-0.2, 0) is 33.2 Å². The summed E-state index contributed by atoms with van der Waals surface area (Å²) in [7, 11) is 1.87. The molecule has 226 valence electrons. The van der Waals surface area contributed by atoms with Crippen molar-refractivity contribution in [1.82, 2.24) is 24.7 Å². The first-order valence-electron chi connectivity index (χ1n) is 15.3. The maximum atomic E-state index is 13.4. The fourth-order valence-electron chi connectivity index (χ4n) is 5.83. The smallest absolute Gasteiger partial charge is 0.315 e. The van der Waals surface area contributed by atoms with Crippen molar-refractivity contribution in [3.63, 3.8) is 0 Å². The number of ether oxygens (including phenoxy) is 3. The number of carbonyl (C=O) groups is 1. The van der Waals surface area contributed by atoms with Crippen LogP contribution in [0.2, 0.25) is 0 Å². The molecular weight excluding hydrogens is 530 g/mol. The van der Waals surface area contributed by atoms with Crippen molar-refractivity contribution in [1.29, 1.82) is 0 Å². The van der Waals surface area contributed by atoms with Gasteiger partial charge in [0.2, 0.25) is 0 Å². The summed E-state index contributed by atoms with van der Waals surface area (Å²) in [6.07, 6.45) is 14.1. The van der Waals surface area contributed by atoms with E-state index >= 15 is 0 Å². The second kappa shape index (κ2) is 12.9. The Hall–Kier alpha value is -3.33. The number of carbonyl (C=O) groups excluding carboxylic acids is 1. The SMILES string of the molecule is CC(C)COC(=O)C(c1cnc(-c2cnn(C)c2)cn1)C1CCC(Cc2cc(OC3COC3)c(C(C)(C)C)cn2)CC1. The van der Waals surface area contributed by atoms with Gasteiger partial charge in [-0.1, -0.05) is 34.6 Å². The second-order valence-corrected chi connectivity index (χ2v) is 13.4. The molecule has 2 aliphatic rings. The first-order valence-corrected chi connectivity index (χ1v) is 15.3. The van der Waals surface area contributed by atoms with Gasteiger partial charge in [0.15, 0.2) is 0 Å². The maximum Gasteiger partial charge on any atom is 0.315 e. The Kier molecular flexibility index (Phi) is 9.25. The van der Waals surface area contributed by atoms with E-state index in [1.165, 1.54) is 0 Å². The molecule has 9 nitrogen and oxygen atoms in total. The van der Waals surface area contributed by atoms with Crippen molar-refractivity contribution < 1.29 is 19.0 Å². The van der Waals surface area contributed by atoms with Crippen LogP contribution in [0.15, 0.2) is 37.1 Å². The van der Waals surface area contributed by atoms with Crippen LogP contribution >= 0.6 is 0 Å². The minimum absolute atomic E-state index is 0.0538. The zero-order valence-corrected chi connectivity index (χ0v) is 25.9. The highest BCUT2D eigenvalue weighted by molar-refractivity contribution is 5.78. The summed E-state index contributed by atoms with van der Waals surface area (Å²) >= 11 is 0. The van der Waals surface area contributed by atoms with E-state index in [1.807, 2.05) is 19.4 Å². The van der Waals surface area contributed by atoms with Crippen LogP contribution in [0.25, 0.3) is 11.3 Å². The number of aromatic nitrogens is 5. The Morgan fingerprint density at radius 2 is 1.81 bits per heavy atom. The fourth-order valence-corrected chi connectivity index (χ4v) is 5.83. The first-order chi connectivity index (χ1) is 20.1. The molecule has 5 rings (SSSR count). The molecule has 0 aromatic carbocycles. The molecule has 1 saturated heterocycles. The Bertz CT molecular complexity index is 1340. The molecule has 0 bridgehead atoms. The second-order valence-electron chi connectivity index (χ2n) is 13.4. The normalized spacial score (nSPS) is 20.3. The van der Waals surface area contributed by atoms with Gasteiger partial charge < -0.3 is 14.2 Å². The molecule has 1 atom stereocenters. The van der Waals surface area contributed by atoms with Crippen LogP contribution in [0.5, 0.6) is 5.75 Å². The quantitative estimate of drug-likeness (QED) is 0.285. The number of esters is 1. The maximum absolute atomic E-state index is 13.4. The van der Waals surface area contributed by atoms with Crippen molar-refractivity contribution in [2.24, 2.45) is 24.8 Å². The third kappa shape index (κ3) is 7.35. The van der Waals surface area contributed by atoms with Crippen molar-refractivity contribution in [3.8, 4) is 17.0 Å². The summed E-state index contributed by atoms with van der Waals surface area (Å²) in [5.74, 6) is 1.24. The summed E-state index contributed by atoms with van der Waals surface area (Å²) in [5, 5.41) is 4.23. The molecule has 1 unspecified atom stereocenters. The number of rotatable bonds is 10. The summed E-state index contributed by atoms with van der Waals surface area (Å²) in [6.45, 7) is 12.4. The van der Waals surface area contributed by atoms with E-state index in [4.69, 9.17) is 24.2 Å². The van der Waals surface area contributed by atoms with Crippen LogP contribution in [0, 0.1) is 17.8 Å². The van der Waals surface area contributed by atoms with Gasteiger partial charge in [0, 0.05) is 42.3 Å². The average Bonchev–Trinajstić information content (AvgIpc) is 3.37. The van der Waals surface area contributed by atoms with Gasteiger partial charge in [0.05, 0.1) is 49.8 Å². The van der Waals surface area contributed by atoms with Crippen LogP contribution in [0.4, 0.5) is 0 Å². The lowest BCUT2D eigenvalue weighted by Crippen LogP contribution is -2.39. The summed E-state index contributed by atoms with van der Waals surface area (Å²) in [4.78, 5) is 27.6. The lowest BCUT2D eigenvalue weighted by atomic mass is 9.73. The number of nitrogens with zero attached hydrogens (tertiary/aromatic N) is 5. The van der Waals surface area contributed by atoms with E-state index in [2.05, 4.69) is 50.8 Å². The number of hydrogen-bond acceptors (Lipinski definition) is 8. The molecule has 2 fully saturated rings. The van der Waals surface area contributed by atoms with E-state index in [1.54, 1.807) is 23.3 Å². The third-order valence-electron chi connectivity index (χ3n) is 8.30.